The van der Waals surface area contributed by atoms with Crippen LogP contribution in [0.3, 0.4) is 0 Å². The number of likely N-dealkylation sites (tertiary alicyclic amines) is 1. The number of anilines is 1. The van der Waals surface area contributed by atoms with Crippen LogP contribution < -0.4 is 10.6 Å². The highest BCUT2D eigenvalue weighted by molar-refractivity contribution is 6.34. The van der Waals surface area contributed by atoms with Gasteiger partial charge in [-0.2, -0.15) is 0 Å². The smallest absolute Gasteiger partial charge is 0.256 e. The van der Waals surface area contributed by atoms with Crippen molar-refractivity contribution in [1.82, 2.24) is 10.2 Å². The number of benzene rings is 2. The van der Waals surface area contributed by atoms with E-state index < -0.39 is 0 Å². The first-order valence-corrected chi connectivity index (χ1v) is 11.5. The minimum atomic E-state index is -0.135. The molecule has 1 unspecified atom stereocenters. The predicted octanol–water partition coefficient (Wildman–Crippen LogP) is 4.65. The van der Waals surface area contributed by atoms with Gasteiger partial charge in [-0.25, -0.2) is 0 Å². The van der Waals surface area contributed by atoms with Crippen molar-refractivity contribution in [2.45, 2.75) is 25.8 Å². The maximum atomic E-state index is 12.6. The molecule has 1 aromatic heterocycles. The number of hydrogen-bond donors (Lipinski definition) is 2. The molecule has 0 saturated carbocycles. The molecule has 168 valence electrons. The first-order valence-electron chi connectivity index (χ1n) is 11.5. The molecule has 6 nitrogen and oxygen atoms in total. The number of carbonyl (C=O) groups is 2. The Morgan fingerprint density at radius 3 is 2.79 bits per heavy atom. The number of rotatable bonds is 6. The number of likely N-dealkylation sites (N-methyl/N-ethyl adjacent to an activating group) is 1. The number of amides is 2. The van der Waals surface area contributed by atoms with Gasteiger partial charge in [-0.15, -0.1) is 0 Å². The highest BCUT2D eigenvalue weighted by atomic mass is 16.3. The van der Waals surface area contributed by atoms with Gasteiger partial charge in [-0.3, -0.25) is 14.5 Å². The van der Waals surface area contributed by atoms with E-state index in [4.69, 9.17) is 4.42 Å². The van der Waals surface area contributed by atoms with Gasteiger partial charge in [0.25, 0.3) is 11.8 Å². The summed E-state index contributed by atoms with van der Waals surface area (Å²) in [6.07, 6.45) is 4.09. The summed E-state index contributed by atoms with van der Waals surface area (Å²) in [6, 6.07) is 19.2. The minimum absolute atomic E-state index is 0.0553. The SMILES string of the molecule is CCN1CCCC1CNC(=O)c1ccc(-c2ccc(C=C3C(=O)Nc4ccccc43)o2)cc1. The van der Waals surface area contributed by atoms with E-state index in [1.165, 1.54) is 6.42 Å². The first-order chi connectivity index (χ1) is 16.1. The zero-order valence-electron chi connectivity index (χ0n) is 18.6. The van der Waals surface area contributed by atoms with Crippen molar-refractivity contribution >= 4 is 29.2 Å². The van der Waals surface area contributed by atoms with E-state index in [0.717, 1.165) is 36.3 Å². The molecular weight excluding hydrogens is 414 g/mol. The van der Waals surface area contributed by atoms with Gasteiger partial charge in [0.05, 0.1) is 5.57 Å². The van der Waals surface area contributed by atoms with Crippen molar-refractivity contribution in [1.29, 1.82) is 0 Å². The molecule has 0 bridgehead atoms. The normalized spacial score (nSPS) is 19.0. The topological polar surface area (TPSA) is 74.6 Å². The Labute approximate surface area is 193 Å². The van der Waals surface area contributed by atoms with Crippen molar-refractivity contribution in [2.75, 3.05) is 25.0 Å². The average Bonchev–Trinajstić information content (AvgIpc) is 3.57. The Morgan fingerprint density at radius 1 is 1.15 bits per heavy atom. The van der Waals surface area contributed by atoms with Crippen molar-refractivity contribution in [2.24, 2.45) is 0 Å². The third-order valence-corrected chi connectivity index (χ3v) is 6.46. The van der Waals surface area contributed by atoms with E-state index in [-0.39, 0.29) is 11.8 Å². The van der Waals surface area contributed by atoms with Crippen LogP contribution in [-0.2, 0) is 4.79 Å². The zero-order valence-corrected chi connectivity index (χ0v) is 18.6. The second-order valence-corrected chi connectivity index (χ2v) is 8.47. The lowest BCUT2D eigenvalue weighted by atomic mass is 10.1. The van der Waals surface area contributed by atoms with Gasteiger partial charge in [-0.05, 0) is 62.3 Å². The summed E-state index contributed by atoms with van der Waals surface area (Å²) in [5, 5.41) is 5.94. The van der Waals surface area contributed by atoms with E-state index in [1.807, 2.05) is 60.7 Å². The van der Waals surface area contributed by atoms with Gasteiger partial charge in [0.1, 0.15) is 11.5 Å². The van der Waals surface area contributed by atoms with Crippen LogP contribution in [0.25, 0.3) is 23.0 Å². The molecule has 3 heterocycles. The monoisotopic (exact) mass is 441 g/mol. The summed E-state index contributed by atoms with van der Waals surface area (Å²) >= 11 is 0. The maximum absolute atomic E-state index is 12.6. The van der Waals surface area contributed by atoms with Crippen LogP contribution in [0, 0.1) is 0 Å². The third kappa shape index (κ3) is 4.34. The predicted molar refractivity (Wildman–Crippen MR) is 130 cm³/mol. The molecule has 2 aliphatic heterocycles. The Kier molecular flexibility index (Phi) is 5.84. The summed E-state index contributed by atoms with van der Waals surface area (Å²) in [7, 11) is 0. The Hall–Kier alpha value is -3.64. The Balaban J connectivity index is 1.26. The van der Waals surface area contributed by atoms with Crippen LogP contribution in [0.4, 0.5) is 5.69 Å². The van der Waals surface area contributed by atoms with E-state index >= 15 is 0 Å². The van der Waals surface area contributed by atoms with Gasteiger partial charge in [0.15, 0.2) is 0 Å². The summed E-state index contributed by atoms with van der Waals surface area (Å²) in [5.74, 6) is 1.10. The Morgan fingerprint density at radius 2 is 1.97 bits per heavy atom. The van der Waals surface area contributed by atoms with E-state index in [9.17, 15) is 9.59 Å². The third-order valence-electron chi connectivity index (χ3n) is 6.46. The lowest BCUT2D eigenvalue weighted by molar-refractivity contribution is -0.110. The molecule has 2 N–H and O–H groups in total. The Bertz CT molecular complexity index is 1210. The number of furan rings is 1. The fraction of sp³-hybridized carbons (Fsp3) is 0.259. The molecule has 33 heavy (non-hydrogen) atoms. The van der Waals surface area contributed by atoms with Gasteiger partial charge in [-0.1, -0.05) is 37.3 Å². The summed E-state index contributed by atoms with van der Waals surface area (Å²) in [6.45, 7) is 4.98. The second-order valence-electron chi connectivity index (χ2n) is 8.47. The molecule has 1 saturated heterocycles. The van der Waals surface area contributed by atoms with Crippen LogP contribution >= 0.6 is 0 Å². The number of carbonyl (C=O) groups excluding carboxylic acids is 2. The number of nitrogens with one attached hydrogen (secondary N) is 2. The number of hydrogen-bond acceptors (Lipinski definition) is 4. The lowest BCUT2D eigenvalue weighted by Crippen LogP contribution is -2.40. The van der Waals surface area contributed by atoms with Crippen molar-refractivity contribution < 1.29 is 14.0 Å². The quantitative estimate of drug-likeness (QED) is 0.546. The number of para-hydroxylation sites is 1. The first kappa shape index (κ1) is 21.2. The lowest BCUT2D eigenvalue weighted by Gasteiger charge is -2.22. The largest absolute Gasteiger partial charge is 0.457 e. The summed E-state index contributed by atoms with van der Waals surface area (Å²) < 4.78 is 5.97. The molecule has 0 spiro atoms. The molecule has 1 fully saturated rings. The molecule has 3 aromatic rings. The highest BCUT2D eigenvalue weighted by Gasteiger charge is 2.24. The van der Waals surface area contributed by atoms with Crippen LogP contribution in [0.15, 0.2) is 65.1 Å². The molecule has 2 aromatic carbocycles. The van der Waals surface area contributed by atoms with Crippen molar-refractivity contribution in [3.8, 4) is 11.3 Å². The number of nitrogens with zero attached hydrogens (tertiary/aromatic N) is 1. The molecular formula is C27H27N3O3. The molecule has 0 radical (unpaired) electrons. The minimum Gasteiger partial charge on any atom is -0.457 e. The molecule has 6 heteroatoms. The van der Waals surface area contributed by atoms with Crippen molar-refractivity contribution in [3.05, 3.63) is 77.6 Å². The standard InChI is InChI=1S/C27H27N3O3/c1-2-30-15-5-6-20(30)17-28-26(31)19-11-9-18(10-12-19)25-14-13-21(33-25)16-23-22-7-3-4-8-24(22)29-27(23)32/h3-4,7-14,16,20H,2,5-6,15,17H2,1H3,(H,28,31)(H,29,32). The number of fused-ring (bicyclic) bond motifs is 1. The van der Waals surface area contributed by atoms with Crippen LogP contribution in [0.5, 0.6) is 0 Å². The summed E-state index contributed by atoms with van der Waals surface area (Å²) in [5.41, 5.74) is 3.77. The van der Waals surface area contributed by atoms with Gasteiger partial charge in [0.2, 0.25) is 0 Å². The van der Waals surface area contributed by atoms with E-state index in [0.29, 0.717) is 35.2 Å². The molecule has 2 aliphatic rings. The second kappa shape index (κ2) is 9.08. The van der Waals surface area contributed by atoms with E-state index in [1.54, 1.807) is 6.08 Å². The molecule has 5 rings (SSSR count). The molecule has 0 aliphatic carbocycles. The van der Waals surface area contributed by atoms with Crippen molar-refractivity contribution in [3.63, 3.8) is 0 Å². The van der Waals surface area contributed by atoms with Gasteiger partial charge >= 0.3 is 0 Å². The van der Waals surface area contributed by atoms with Gasteiger partial charge < -0.3 is 15.1 Å². The van der Waals surface area contributed by atoms with Gasteiger partial charge in [0, 0.05) is 35.0 Å². The average molecular weight is 442 g/mol. The summed E-state index contributed by atoms with van der Waals surface area (Å²) in [4.78, 5) is 27.3. The molecule has 1 atom stereocenters. The fourth-order valence-electron chi connectivity index (χ4n) is 4.65. The van der Waals surface area contributed by atoms with Crippen LogP contribution in [-0.4, -0.2) is 42.4 Å². The fourth-order valence-corrected chi connectivity index (χ4v) is 4.65. The van der Waals surface area contributed by atoms with Crippen LogP contribution in [0.2, 0.25) is 0 Å². The highest BCUT2D eigenvalue weighted by Crippen LogP contribution is 2.33. The van der Waals surface area contributed by atoms with Crippen LogP contribution in [0.1, 0.15) is 41.4 Å². The molecule has 2 amide bonds. The zero-order chi connectivity index (χ0) is 22.8. The maximum Gasteiger partial charge on any atom is 0.256 e. The van der Waals surface area contributed by atoms with E-state index in [2.05, 4.69) is 22.5 Å².